The van der Waals surface area contributed by atoms with Crippen LogP contribution in [0, 0.1) is 0 Å². The Balaban J connectivity index is 1.03. The minimum atomic E-state index is -0.0254. The van der Waals surface area contributed by atoms with Gasteiger partial charge in [-0.2, -0.15) is 5.10 Å². The lowest BCUT2D eigenvalue weighted by Gasteiger charge is -2.34. The van der Waals surface area contributed by atoms with Crippen LogP contribution >= 0.6 is 0 Å². The van der Waals surface area contributed by atoms with Crippen LogP contribution in [0.4, 0.5) is 5.82 Å². The molecule has 4 aromatic rings. The van der Waals surface area contributed by atoms with Crippen LogP contribution in [0.2, 0.25) is 0 Å². The molecule has 2 fully saturated rings. The zero-order valence-electron chi connectivity index (χ0n) is 28.7. The molecule has 4 heterocycles. The molecule has 4 N–H and O–H groups in total. The average Bonchev–Trinajstić information content (AvgIpc) is 3.53. The van der Waals surface area contributed by atoms with E-state index in [2.05, 4.69) is 31.7 Å². The minimum Gasteiger partial charge on any atom is -0.457 e. The van der Waals surface area contributed by atoms with Gasteiger partial charge in [-0.05, 0) is 95.3 Å². The summed E-state index contributed by atoms with van der Waals surface area (Å²) in [5.74, 6) is 1.92. The molecule has 0 spiro atoms. The van der Waals surface area contributed by atoms with Gasteiger partial charge in [0.15, 0.2) is 5.65 Å². The Morgan fingerprint density at radius 3 is 2.41 bits per heavy atom. The number of hydrogen-bond donors (Lipinski definition) is 2. The molecule has 0 bridgehead atoms. The second kappa shape index (κ2) is 16.8. The van der Waals surface area contributed by atoms with Crippen LogP contribution < -0.4 is 16.2 Å². The van der Waals surface area contributed by atoms with Crippen molar-refractivity contribution in [1.82, 2.24) is 39.3 Å². The first kappa shape index (κ1) is 34.5. The maximum atomic E-state index is 13.3. The number of nitrogen functional groups attached to an aromatic ring is 1. The van der Waals surface area contributed by atoms with Gasteiger partial charge in [-0.1, -0.05) is 24.3 Å². The fraction of sp³-hybridized carbons (Fsp3) is 0.459. The van der Waals surface area contributed by atoms with E-state index >= 15 is 0 Å². The van der Waals surface area contributed by atoms with Gasteiger partial charge < -0.3 is 35.8 Å². The van der Waals surface area contributed by atoms with Gasteiger partial charge in [0.1, 0.15) is 29.3 Å². The Hall–Kier alpha value is -4.36. The van der Waals surface area contributed by atoms with Gasteiger partial charge >= 0.3 is 0 Å². The number of nitrogens with zero attached hydrogens (tertiary/aromatic N) is 8. The molecular weight excluding hydrogens is 616 g/mol. The number of benzene rings is 2. The van der Waals surface area contributed by atoms with Crippen LogP contribution in [0.25, 0.3) is 22.3 Å². The monoisotopic (exact) mass is 666 g/mol. The first-order valence-electron chi connectivity index (χ1n) is 17.6. The highest BCUT2D eigenvalue weighted by atomic mass is 16.5. The Morgan fingerprint density at radius 1 is 0.959 bits per heavy atom. The van der Waals surface area contributed by atoms with Gasteiger partial charge in [-0.3, -0.25) is 4.79 Å². The molecule has 2 aromatic heterocycles. The number of likely N-dealkylation sites (tertiary alicyclic amines) is 1. The summed E-state index contributed by atoms with van der Waals surface area (Å²) in [5, 5.41) is 5.75. The van der Waals surface area contributed by atoms with Crippen LogP contribution in [-0.4, -0.2) is 124 Å². The van der Waals surface area contributed by atoms with Crippen LogP contribution in [0.1, 0.15) is 31.7 Å². The van der Waals surface area contributed by atoms with Gasteiger partial charge in [-0.15, -0.1) is 0 Å². The number of nitrogens with two attached hydrogens (primary N) is 2. The zero-order valence-corrected chi connectivity index (χ0v) is 28.7. The number of piperazine rings is 1. The van der Waals surface area contributed by atoms with Crippen LogP contribution in [0.15, 0.2) is 73.1 Å². The molecule has 1 atom stereocenters. The Bertz CT molecular complexity index is 1670. The summed E-state index contributed by atoms with van der Waals surface area (Å²) in [6, 6.07) is 17.4. The number of para-hydroxylation sites is 1. The van der Waals surface area contributed by atoms with Gasteiger partial charge in [-0.25, -0.2) is 14.6 Å². The Kier molecular flexibility index (Phi) is 11.9. The smallest absolute Gasteiger partial charge is 0.246 e. The normalized spacial score (nSPS) is 17.8. The van der Waals surface area contributed by atoms with E-state index in [1.165, 1.54) is 6.33 Å². The summed E-state index contributed by atoms with van der Waals surface area (Å²) in [4.78, 5) is 31.4. The molecule has 260 valence electrons. The lowest BCUT2D eigenvalue weighted by atomic mass is 10.1. The fourth-order valence-electron chi connectivity index (χ4n) is 6.76. The van der Waals surface area contributed by atoms with Crippen molar-refractivity contribution in [3.8, 4) is 22.8 Å². The van der Waals surface area contributed by atoms with E-state index in [-0.39, 0.29) is 11.9 Å². The van der Waals surface area contributed by atoms with Crippen LogP contribution in [0.5, 0.6) is 11.5 Å². The molecule has 2 aliphatic rings. The number of rotatable bonds is 14. The lowest BCUT2D eigenvalue weighted by Crippen LogP contribution is -2.47. The molecule has 0 saturated carbocycles. The highest BCUT2D eigenvalue weighted by Crippen LogP contribution is 2.35. The van der Waals surface area contributed by atoms with Gasteiger partial charge in [0.2, 0.25) is 5.91 Å². The van der Waals surface area contributed by atoms with E-state index in [1.54, 1.807) is 6.08 Å². The quantitative estimate of drug-likeness (QED) is 0.191. The minimum absolute atomic E-state index is 0.0254. The maximum absolute atomic E-state index is 13.3. The van der Waals surface area contributed by atoms with E-state index in [0.29, 0.717) is 18.0 Å². The summed E-state index contributed by atoms with van der Waals surface area (Å²) in [7, 11) is 2.12. The molecule has 0 unspecified atom stereocenters. The molecule has 1 amide bonds. The fourth-order valence-corrected chi connectivity index (χ4v) is 6.76. The standard InChI is InChI=1S/C37H50N10O2/c1-43(19-8-21-45-25-23-44(24-26-45)20-7-17-38)18-6-12-33(48)46-22-5-9-30(27-46)47-37-34(36(39)40-28-41-37)35(42-47)29-13-15-32(16-14-29)49-31-10-3-2-4-11-31/h2-4,6,10-16,28,30H,5,7-9,17-27,38H2,1H3,(H2,39,40,41)/b12-6+/t30-/m1/s1. The van der Waals surface area contributed by atoms with Crippen molar-refractivity contribution in [3.63, 3.8) is 0 Å². The number of carbonyl (C=O) groups excluding carboxylic acids is 1. The molecular formula is C37H50N10O2. The summed E-state index contributed by atoms with van der Waals surface area (Å²) in [6.07, 6.45) is 9.17. The van der Waals surface area contributed by atoms with Gasteiger partial charge in [0.25, 0.3) is 0 Å². The number of aromatic nitrogens is 4. The maximum Gasteiger partial charge on any atom is 0.246 e. The number of amides is 1. The molecule has 12 nitrogen and oxygen atoms in total. The predicted molar refractivity (Wildman–Crippen MR) is 194 cm³/mol. The van der Waals surface area contributed by atoms with Crippen LogP contribution in [-0.2, 0) is 4.79 Å². The van der Waals surface area contributed by atoms with E-state index in [0.717, 1.165) is 119 Å². The van der Waals surface area contributed by atoms with Crippen molar-refractivity contribution >= 4 is 22.8 Å². The molecule has 49 heavy (non-hydrogen) atoms. The largest absolute Gasteiger partial charge is 0.457 e. The number of fused-ring (bicyclic) bond motifs is 1. The van der Waals surface area contributed by atoms with E-state index in [4.69, 9.17) is 21.3 Å². The number of piperidine rings is 1. The number of likely N-dealkylation sites (N-methyl/N-ethyl adjacent to an activating group) is 1. The lowest BCUT2D eigenvalue weighted by molar-refractivity contribution is -0.127. The van der Waals surface area contributed by atoms with Crippen molar-refractivity contribution in [1.29, 1.82) is 0 Å². The summed E-state index contributed by atoms with van der Waals surface area (Å²) < 4.78 is 7.92. The second-order valence-electron chi connectivity index (χ2n) is 13.1. The molecule has 6 rings (SSSR count). The van der Waals surface area contributed by atoms with E-state index in [9.17, 15) is 4.79 Å². The van der Waals surface area contributed by atoms with E-state index < -0.39 is 0 Å². The van der Waals surface area contributed by atoms with Gasteiger partial charge in [0.05, 0.1) is 11.4 Å². The second-order valence-corrected chi connectivity index (χ2v) is 13.1. The number of ether oxygens (including phenoxy) is 1. The van der Waals surface area contributed by atoms with Crippen molar-refractivity contribution < 1.29 is 9.53 Å². The number of anilines is 1. The average molecular weight is 667 g/mol. The molecule has 2 aliphatic heterocycles. The van der Waals surface area contributed by atoms with Gasteiger partial charge in [0, 0.05) is 57.5 Å². The number of carbonyl (C=O) groups is 1. The predicted octanol–water partition coefficient (Wildman–Crippen LogP) is 3.88. The van der Waals surface area contributed by atoms with Crippen molar-refractivity contribution in [2.45, 2.75) is 31.7 Å². The Labute approximate surface area is 289 Å². The summed E-state index contributed by atoms with van der Waals surface area (Å²) in [6.45, 7) is 10.6. The molecule has 2 aromatic carbocycles. The van der Waals surface area contributed by atoms with Crippen molar-refractivity contribution in [3.05, 3.63) is 73.1 Å². The Morgan fingerprint density at radius 2 is 1.67 bits per heavy atom. The highest BCUT2D eigenvalue weighted by Gasteiger charge is 2.28. The first-order valence-corrected chi connectivity index (χ1v) is 17.6. The summed E-state index contributed by atoms with van der Waals surface area (Å²) >= 11 is 0. The SMILES string of the molecule is CN(C/C=C/C(=O)N1CCC[C@@H](n2nc(-c3ccc(Oc4ccccc4)cc3)c3c(N)ncnc32)C1)CCCN1CCN(CCCN)CC1. The van der Waals surface area contributed by atoms with E-state index in [1.807, 2.05) is 70.3 Å². The molecule has 0 aliphatic carbocycles. The van der Waals surface area contributed by atoms with Crippen molar-refractivity contribution in [2.24, 2.45) is 5.73 Å². The van der Waals surface area contributed by atoms with Crippen LogP contribution in [0.3, 0.4) is 0 Å². The molecule has 2 saturated heterocycles. The third kappa shape index (κ3) is 9.01. The third-order valence-electron chi connectivity index (χ3n) is 9.51. The molecule has 12 heteroatoms. The third-order valence-corrected chi connectivity index (χ3v) is 9.51. The molecule has 0 radical (unpaired) electrons. The summed E-state index contributed by atoms with van der Waals surface area (Å²) in [5.41, 5.74) is 14.3. The zero-order chi connectivity index (χ0) is 34.0. The topological polar surface area (TPSA) is 135 Å². The van der Waals surface area contributed by atoms with Crippen molar-refractivity contribution in [2.75, 3.05) is 84.8 Å². The number of hydrogen-bond acceptors (Lipinski definition) is 10. The first-order chi connectivity index (χ1) is 24.0. The highest BCUT2D eigenvalue weighted by molar-refractivity contribution is 5.98.